The van der Waals surface area contributed by atoms with Gasteiger partial charge in [-0.05, 0) is 41.7 Å². The first-order chi connectivity index (χ1) is 17.7. The zero-order valence-corrected chi connectivity index (χ0v) is 21.5. The molecule has 11 nitrogen and oxygen atoms in total. The highest BCUT2D eigenvalue weighted by Crippen LogP contribution is 2.20. The molecule has 2 aliphatic rings. The van der Waals surface area contributed by atoms with E-state index in [0.29, 0.717) is 45.9 Å². The molecular weight excluding hydrogens is 496 g/mol. The molecule has 4 rings (SSSR count). The molecule has 0 spiro atoms. The molecule has 2 saturated heterocycles. The molecule has 200 valence electrons. The summed E-state index contributed by atoms with van der Waals surface area (Å²) >= 11 is 0. The normalized spacial score (nSPS) is 19.4. The molecule has 2 aromatic rings. The number of nitrogens with two attached hydrogens (primary N) is 1. The summed E-state index contributed by atoms with van der Waals surface area (Å²) in [4.78, 5) is 29.5. The molecule has 2 aliphatic heterocycles. The van der Waals surface area contributed by atoms with Gasteiger partial charge in [0.15, 0.2) is 5.96 Å². The fraction of sp³-hybridized carbons (Fsp3) is 0.480. The smallest absolute Gasteiger partial charge is 0.241 e. The summed E-state index contributed by atoms with van der Waals surface area (Å²) in [5.74, 6) is -0.754. The quantitative estimate of drug-likeness (QED) is 0.285. The van der Waals surface area contributed by atoms with Crippen molar-refractivity contribution in [1.82, 2.24) is 19.8 Å². The summed E-state index contributed by atoms with van der Waals surface area (Å²) in [6.07, 6.45) is 1.42. The van der Waals surface area contributed by atoms with Gasteiger partial charge >= 0.3 is 0 Å². The van der Waals surface area contributed by atoms with E-state index in [9.17, 15) is 18.0 Å². The molecule has 2 fully saturated rings. The number of carbonyl (C=O) groups is 2. The highest BCUT2D eigenvalue weighted by Gasteiger charge is 2.32. The molecular formula is C25H34N6O5S. The monoisotopic (exact) mass is 530 g/mol. The Kier molecular flexibility index (Phi) is 8.62. The molecule has 2 heterocycles. The number of fused-ring (bicyclic) bond motifs is 1. The Hall–Kier alpha value is -3.22. The molecule has 0 aromatic heterocycles. The number of ether oxygens (including phenoxy) is 1. The number of nitrogens with zero attached hydrogens (tertiary/aromatic N) is 2. The third-order valence-electron chi connectivity index (χ3n) is 6.79. The number of amides is 2. The van der Waals surface area contributed by atoms with Crippen molar-refractivity contribution in [3.63, 3.8) is 0 Å². The van der Waals surface area contributed by atoms with Crippen LogP contribution in [0.5, 0.6) is 0 Å². The number of hydrogen-bond donors (Lipinski definition) is 4. The molecule has 12 heteroatoms. The highest BCUT2D eigenvalue weighted by atomic mass is 32.2. The number of hydrogen-bond acceptors (Lipinski definition) is 6. The van der Waals surface area contributed by atoms with Crippen LogP contribution in [0.3, 0.4) is 0 Å². The van der Waals surface area contributed by atoms with E-state index in [2.05, 4.69) is 10.0 Å². The Balaban J connectivity index is 1.46. The molecule has 0 radical (unpaired) electrons. The van der Waals surface area contributed by atoms with E-state index in [1.54, 1.807) is 17.0 Å². The van der Waals surface area contributed by atoms with Crippen molar-refractivity contribution in [3.05, 3.63) is 42.5 Å². The van der Waals surface area contributed by atoms with Crippen LogP contribution in [0.25, 0.3) is 10.8 Å². The summed E-state index contributed by atoms with van der Waals surface area (Å²) in [7, 11) is -4.09. The van der Waals surface area contributed by atoms with Crippen LogP contribution >= 0.6 is 0 Å². The van der Waals surface area contributed by atoms with Gasteiger partial charge in [-0.25, -0.2) is 8.42 Å². The minimum atomic E-state index is -4.09. The minimum absolute atomic E-state index is 0.00953. The molecule has 2 atom stereocenters. The molecule has 0 aliphatic carbocycles. The summed E-state index contributed by atoms with van der Waals surface area (Å²) in [5, 5.41) is 12.1. The Morgan fingerprint density at radius 1 is 1.08 bits per heavy atom. The number of rotatable bonds is 8. The van der Waals surface area contributed by atoms with Gasteiger partial charge in [0.2, 0.25) is 21.8 Å². The average Bonchev–Trinajstić information content (AvgIpc) is 2.91. The number of guanidine groups is 1. The second kappa shape index (κ2) is 11.9. The van der Waals surface area contributed by atoms with E-state index >= 15 is 0 Å². The zero-order valence-electron chi connectivity index (χ0n) is 20.7. The fourth-order valence-electron chi connectivity index (χ4n) is 4.74. The molecule has 2 aromatic carbocycles. The lowest BCUT2D eigenvalue weighted by atomic mass is 9.98. The standard InChI is InChI=1S/C25H34N6O5S/c26-25(27)31-9-3-4-18(17-31)16-28-23(32)15-22(24(33)30-10-12-36-13-11-30)29-37(34,35)21-8-7-19-5-1-2-6-20(19)14-21/h1-2,5-8,14,18,22,29H,3-4,9-13,15-17H2,(H3,26,27)(H,28,32)/t18-,22+/m1/s1. The summed E-state index contributed by atoms with van der Waals surface area (Å²) < 4.78 is 34.4. The number of piperidine rings is 1. The van der Waals surface area contributed by atoms with Gasteiger partial charge < -0.3 is 25.6 Å². The maximum absolute atomic E-state index is 13.3. The molecule has 2 amide bonds. The van der Waals surface area contributed by atoms with Crippen LogP contribution in [-0.2, 0) is 24.3 Å². The van der Waals surface area contributed by atoms with Crippen LogP contribution in [0.15, 0.2) is 47.4 Å². The van der Waals surface area contributed by atoms with Gasteiger partial charge in [0.1, 0.15) is 6.04 Å². The number of benzene rings is 2. The van der Waals surface area contributed by atoms with Gasteiger partial charge in [-0.2, -0.15) is 4.72 Å². The Morgan fingerprint density at radius 2 is 1.81 bits per heavy atom. The van der Waals surface area contributed by atoms with Crippen molar-refractivity contribution >= 4 is 38.6 Å². The molecule has 0 bridgehead atoms. The average molecular weight is 531 g/mol. The van der Waals surface area contributed by atoms with Crippen LogP contribution in [0.4, 0.5) is 0 Å². The van der Waals surface area contributed by atoms with E-state index in [1.807, 2.05) is 24.3 Å². The SMILES string of the molecule is N=C(N)N1CCC[C@H](CNC(=O)C[C@H](NS(=O)(=O)c2ccc3ccccc3c2)C(=O)N2CCOCC2)C1. The van der Waals surface area contributed by atoms with Crippen LogP contribution in [0, 0.1) is 11.3 Å². The third kappa shape index (κ3) is 6.96. The van der Waals surface area contributed by atoms with Crippen molar-refractivity contribution in [3.8, 4) is 0 Å². The second-order valence-corrected chi connectivity index (χ2v) is 11.2. The van der Waals surface area contributed by atoms with E-state index in [0.717, 1.165) is 23.6 Å². The first-order valence-corrected chi connectivity index (χ1v) is 13.9. The lowest BCUT2D eigenvalue weighted by Crippen LogP contribution is -2.53. The first kappa shape index (κ1) is 26.8. The van der Waals surface area contributed by atoms with Gasteiger partial charge in [-0.1, -0.05) is 30.3 Å². The van der Waals surface area contributed by atoms with Crippen molar-refractivity contribution < 1.29 is 22.7 Å². The molecule has 0 unspecified atom stereocenters. The highest BCUT2D eigenvalue weighted by molar-refractivity contribution is 7.89. The van der Waals surface area contributed by atoms with E-state index < -0.39 is 27.9 Å². The van der Waals surface area contributed by atoms with Crippen molar-refractivity contribution in [2.24, 2.45) is 11.7 Å². The van der Waals surface area contributed by atoms with Crippen LogP contribution in [-0.4, -0.2) is 88.0 Å². The maximum atomic E-state index is 13.3. The van der Waals surface area contributed by atoms with Crippen LogP contribution in [0.2, 0.25) is 0 Å². The van der Waals surface area contributed by atoms with Gasteiger partial charge in [0, 0.05) is 32.7 Å². The number of carbonyl (C=O) groups excluding carboxylic acids is 2. The summed E-state index contributed by atoms with van der Waals surface area (Å²) in [6.45, 7) is 3.02. The van der Waals surface area contributed by atoms with E-state index in [-0.39, 0.29) is 23.2 Å². The Morgan fingerprint density at radius 3 is 2.54 bits per heavy atom. The second-order valence-electron chi connectivity index (χ2n) is 9.47. The lowest BCUT2D eigenvalue weighted by Gasteiger charge is -2.33. The molecule has 5 N–H and O–H groups in total. The third-order valence-corrected chi connectivity index (χ3v) is 8.26. The Labute approximate surface area is 216 Å². The molecule has 37 heavy (non-hydrogen) atoms. The Bertz CT molecular complexity index is 1250. The first-order valence-electron chi connectivity index (χ1n) is 12.5. The predicted molar refractivity (Wildman–Crippen MR) is 139 cm³/mol. The van der Waals surface area contributed by atoms with E-state index in [1.165, 1.54) is 11.0 Å². The lowest BCUT2D eigenvalue weighted by molar-refractivity contribution is -0.139. The van der Waals surface area contributed by atoms with Gasteiger partial charge in [-0.15, -0.1) is 0 Å². The topological polar surface area (TPSA) is 158 Å². The van der Waals surface area contributed by atoms with Crippen molar-refractivity contribution in [2.75, 3.05) is 45.9 Å². The fourth-order valence-corrected chi connectivity index (χ4v) is 5.96. The number of likely N-dealkylation sites (tertiary alicyclic amines) is 1. The van der Waals surface area contributed by atoms with Gasteiger partial charge in [0.25, 0.3) is 0 Å². The van der Waals surface area contributed by atoms with Crippen LogP contribution in [0.1, 0.15) is 19.3 Å². The summed E-state index contributed by atoms with van der Waals surface area (Å²) in [5.41, 5.74) is 5.60. The van der Waals surface area contributed by atoms with Crippen molar-refractivity contribution in [2.45, 2.75) is 30.2 Å². The predicted octanol–water partition coefficient (Wildman–Crippen LogP) is 0.457. The maximum Gasteiger partial charge on any atom is 0.241 e. The van der Waals surface area contributed by atoms with Crippen molar-refractivity contribution in [1.29, 1.82) is 5.41 Å². The number of sulfonamides is 1. The van der Waals surface area contributed by atoms with Gasteiger partial charge in [-0.3, -0.25) is 15.0 Å². The van der Waals surface area contributed by atoms with Crippen LogP contribution < -0.4 is 15.8 Å². The zero-order chi connectivity index (χ0) is 26.4. The molecule has 0 saturated carbocycles. The minimum Gasteiger partial charge on any atom is -0.378 e. The summed E-state index contributed by atoms with van der Waals surface area (Å²) in [6, 6.07) is 10.9. The number of morpholine rings is 1. The number of nitrogens with one attached hydrogen (secondary N) is 3. The van der Waals surface area contributed by atoms with E-state index in [4.69, 9.17) is 15.9 Å². The largest absolute Gasteiger partial charge is 0.378 e. The van der Waals surface area contributed by atoms with Gasteiger partial charge in [0.05, 0.1) is 24.5 Å².